The van der Waals surface area contributed by atoms with Crippen molar-refractivity contribution < 1.29 is 9.59 Å². The van der Waals surface area contributed by atoms with Crippen LogP contribution in [-0.2, 0) is 0 Å². The van der Waals surface area contributed by atoms with Crippen LogP contribution in [-0.4, -0.2) is 10.5 Å². The van der Waals surface area contributed by atoms with Crippen LogP contribution in [0.3, 0.4) is 0 Å². The molecule has 0 saturated carbocycles. The minimum absolute atomic E-state index is 0.350. The van der Waals surface area contributed by atoms with Gasteiger partial charge in [-0.25, -0.2) is 0 Å². The van der Waals surface area contributed by atoms with Gasteiger partial charge >= 0.3 is 0 Å². The van der Waals surface area contributed by atoms with Crippen LogP contribution >= 0.6 is 23.2 Å². The summed E-state index contributed by atoms with van der Waals surface area (Å²) >= 11 is 10.9. The van der Waals surface area contributed by atoms with E-state index in [1.807, 2.05) is 13.8 Å². The average molecular weight is 335 g/mol. The zero-order valence-corrected chi connectivity index (χ0v) is 13.4. The van der Waals surface area contributed by atoms with Crippen LogP contribution < -0.4 is 0 Å². The quantitative estimate of drug-likeness (QED) is 0.549. The first-order valence-corrected chi connectivity index (χ1v) is 7.17. The van der Waals surface area contributed by atoms with E-state index in [9.17, 15) is 9.59 Å². The van der Waals surface area contributed by atoms with Gasteiger partial charge in [-0.05, 0) is 72.4 Å². The first kappa shape index (κ1) is 16.3. The van der Waals surface area contributed by atoms with Gasteiger partial charge in [-0.3, -0.25) is 9.59 Å². The second kappa shape index (κ2) is 6.81. The fraction of sp³-hybridized carbons (Fsp3) is 0.125. The highest BCUT2D eigenvalue weighted by Crippen LogP contribution is 2.26. The van der Waals surface area contributed by atoms with Gasteiger partial charge in [0.15, 0.2) is 0 Å². The van der Waals surface area contributed by atoms with Crippen molar-refractivity contribution >= 4 is 45.1 Å². The summed E-state index contributed by atoms with van der Waals surface area (Å²) in [5, 5.41) is 7.17. The van der Waals surface area contributed by atoms with Crippen LogP contribution in [0, 0.1) is 13.8 Å². The van der Waals surface area contributed by atoms with E-state index in [1.54, 1.807) is 36.4 Å². The highest BCUT2D eigenvalue weighted by Gasteiger charge is 2.07. The summed E-state index contributed by atoms with van der Waals surface area (Å²) in [5.74, 6) is 0. The lowest BCUT2D eigenvalue weighted by molar-refractivity contribution is 0.107. The number of rotatable bonds is 4. The van der Waals surface area contributed by atoms with Crippen molar-refractivity contribution in [1.29, 1.82) is 0 Å². The summed E-state index contributed by atoms with van der Waals surface area (Å²) in [5.41, 5.74) is 3.48. The number of benzene rings is 2. The summed E-state index contributed by atoms with van der Waals surface area (Å²) in [7, 11) is 0. The lowest BCUT2D eigenvalue weighted by atomic mass is 10.1. The minimum atomic E-state index is -0.553. The topological polar surface area (TPSA) is 58.9 Å². The molecule has 0 heterocycles. The smallest absolute Gasteiger partial charge is 0.252 e. The Morgan fingerprint density at radius 2 is 1.14 bits per heavy atom. The number of halogens is 2. The monoisotopic (exact) mass is 334 g/mol. The Labute approximate surface area is 137 Å². The maximum Gasteiger partial charge on any atom is 0.252 e. The molecule has 0 N–H and O–H groups in total. The lowest BCUT2D eigenvalue weighted by Gasteiger charge is -2.03. The summed E-state index contributed by atoms with van der Waals surface area (Å²) in [4.78, 5) is 22.4. The number of azo groups is 1. The number of nitrogens with zero attached hydrogens (tertiary/aromatic N) is 2. The highest BCUT2D eigenvalue weighted by molar-refractivity contribution is 6.68. The Balaban J connectivity index is 2.40. The molecule has 0 unspecified atom stereocenters. The molecule has 2 aromatic carbocycles. The van der Waals surface area contributed by atoms with Crippen LogP contribution in [0.1, 0.15) is 31.8 Å². The van der Waals surface area contributed by atoms with Crippen molar-refractivity contribution in [2.45, 2.75) is 13.8 Å². The molecule has 4 nitrogen and oxygen atoms in total. The number of carbonyl (C=O) groups excluding carboxylic acids is 2. The number of carbonyl (C=O) groups is 2. The maximum atomic E-state index is 11.2. The van der Waals surface area contributed by atoms with Crippen molar-refractivity contribution in [3.05, 3.63) is 58.7 Å². The molecule has 112 valence electrons. The van der Waals surface area contributed by atoms with Gasteiger partial charge in [-0.15, -0.1) is 0 Å². The van der Waals surface area contributed by atoms with Gasteiger partial charge in [-0.2, -0.15) is 10.2 Å². The largest absolute Gasteiger partial charge is 0.276 e. The van der Waals surface area contributed by atoms with Gasteiger partial charge in [0.2, 0.25) is 0 Å². The standard InChI is InChI=1S/C16H12Cl2N2O2/c1-9-3-5-11(15(17)21)7-13(9)19-20-14-8-12(16(18)22)6-4-10(14)2/h3-8H,1-2H3. The Kier molecular flexibility index (Phi) is 5.06. The van der Waals surface area contributed by atoms with Crippen molar-refractivity contribution in [2.75, 3.05) is 0 Å². The molecule has 0 radical (unpaired) electrons. The van der Waals surface area contributed by atoms with E-state index in [1.165, 1.54) is 0 Å². The third-order valence-electron chi connectivity index (χ3n) is 3.14. The molecule has 0 bridgehead atoms. The zero-order chi connectivity index (χ0) is 16.3. The Bertz CT molecular complexity index is 720. The Morgan fingerprint density at radius 3 is 1.45 bits per heavy atom. The molecule has 0 saturated heterocycles. The molecule has 6 heteroatoms. The molecule has 0 atom stereocenters. The molecular formula is C16H12Cl2N2O2. The van der Waals surface area contributed by atoms with E-state index in [-0.39, 0.29) is 0 Å². The second-order valence-corrected chi connectivity index (χ2v) is 5.44. The van der Waals surface area contributed by atoms with Crippen molar-refractivity contribution in [1.82, 2.24) is 0 Å². The van der Waals surface area contributed by atoms with Crippen LogP contribution in [0.4, 0.5) is 11.4 Å². The van der Waals surface area contributed by atoms with Gasteiger partial charge in [0.05, 0.1) is 11.4 Å². The van der Waals surface area contributed by atoms with Crippen molar-refractivity contribution in [3.63, 3.8) is 0 Å². The Hall–Kier alpha value is -2.04. The molecule has 0 spiro atoms. The second-order valence-electron chi connectivity index (χ2n) is 4.75. The fourth-order valence-corrected chi connectivity index (χ4v) is 2.02. The normalized spacial score (nSPS) is 10.9. The van der Waals surface area contributed by atoms with Crippen LogP contribution in [0.5, 0.6) is 0 Å². The molecule has 0 aromatic heterocycles. The number of hydrogen-bond donors (Lipinski definition) is 0. The van der Waals surface area contributed by atoms with E-state index < -0.39 is 10.5 Å². The van der Waals surface area contributed by atoms with E-state index in [2.05, 4.69) is 10.2 Å². The van der Waals surface area contributed by atoms with Gasteiger partial charge in [0, 0.05) is 11.1 Å². The van der Waals surface area contributed by atoms with Crippen LogP contribution in [0.15, 0.2) is 46.6 Å². The van der Waals surface area contributed by atoms with Crippen molar-refractivity contribution in [2.24, 2.45) is 10.2 Å². The minimum Gasteiger partial charge on any atom is -0.276 e. The lowest BCUT2D eigenvalue weighted by Crippen LogP contribution is -1.89. The van der Waals surface area contributed by atoms with Crippen molar-refractivity contribution in [3.8, 4) is 0 Å². The zero-order valence-electron chi connectivity index (χ0n) is 11.9. The van der Waals surface area contributed by atoms with Gasteiger partial charge in [-0.1, -0.05) is 12.1 Å². The molecule has 0 aliphatic carbocycles. The first-order valence-electron chi connectivity index (χ1n) is 6.41. The van der Waals surface area contributed by atoms with E-state index in [0.717, 1.165) is 11.1 Å². The summed E-state index contributed by atoms with van der Waals surface area (Å²) < 4.78 is 0. The third kappa shape index (κ3) is 3.78. The molecule has 2 rings (SSSR count). The average Bonchev–Trinajstić information content (AvgIpc) is 2.47. The summed E-state index contributed by atoms with van der Waals surface area (Å²) in [6.07, 6.45) is 0. The maximum absolute atomic E-state index is 11.2. The van der Waals surface area contributed by atoms with E-state index in [4.69, 9.17) is 23.2 Å². The molecular weight excluding hydrogens is 323 g/mol. The number of aryl methyl sites for hydroxylation is 2. The molecule has 2 aromatic rings. The third-order valence-corrected chi connectivity index (χ3v) is 3.57. The molecule has 0 amide bonds. The van der Waals surface area contributed by atoms with Gasteiger partial charge in [0.25, 0.3) is 10.5 Å². The summed E-state index contributed by atoms with van der Waals surface area (Å²) in [6.45, 7) is 3.70. The van der Waals surface area contributed by atoms with E-state index >= 15 is 0 Å². The SMILES string of the molecule is Cc1ccc(C(=O)Cl)cc1N=Nc1cc(C(=O)Cl)ccc1C. The van der Waals surface area contributed by atoms with Crippen LogP contribution in [0.2, 0.25) is 0 Å². The molecule has 0 aliphatic heterocycles. The molecule has 0 aliphatic rings. The fourth-order valence-electron chi connectivity index (χ4n) is 1.79. The first-order chi connectivity index (χ1) is 10.4. The van der Waals surface area contributed by atoms with E-state index in [0.29, 0.717) is 22.5 Å². The Morgan fingerprint density at radius 1 is 0.773 bits per heavy atom. The number of hydrogen-bond acceptors (Lipinski definition) is 4. The summed E-state index contributed by atoms with van der Waals surface area (Å²) in [6, 6.07) is 9.88. The predicted molar refractivity (Wildman–Crippen MR) is 86.9 cm³/mol. The van der Waals surface area contributed by atoms with Gasteiger partial charge < -0.3 is 0 Å². The molecule has 22 heavy (non-hydrogen) atoms. The predicted octanol–water partition coefficient (Wildman–Crippen LogP) is 5.48. The van der Waals surface area contributed by atoms with Crippen LogP contribution in [0.25, 0.3) is 0 Å². The highest BCUT2D eigenvalue weighted by atomic mass is 35.5. The molecule has 0 fully saturated rings. The van der Waals surface area contributed by atoms with Gasteiger partial charge in [0.1, 0.15) is 0 Å².